The van der Waals surface area contributed by atoms with E-state index in [-0.39, 0.29) is 6.61 Å². The predicted octanol–water partition coefficient (Wildman–Crippen LogP) is 2.75. The van der Waals surface area contributed by atoms with Crippen LogP contribution in [-0.4, -0.2) is 24.0 Å². The number of aryl methyl sites for hydroxylation is 1. The summed E-state index contributed by atoms with van der Waals surface area (Å²) in [5.74, 6) is -0.954. The van der Waals surface area contributed by atoms with Crippen LogP contribution in [0.2, 0.25) is 0 Å². The van der Waals surface area contributed by atoms with E-state index < -0.39 is 17.4 Å². The smallest absolute Gasteiger partial charge is 0.338 e. The molecule has 1 saturated carbocycles. The number of nitrogens with one attached hydrogen (secondary N) is 1. The van der Waals surface area contributed by atoms with Gasteiger partial charge >= 0.3 is 5.97 Å². The molecule has 2 rings (SSSR count). The highest BCUT2D eigenvalue weighted by atomic mass is 16.5. The first-order valence-electron chi connectivity index (χ1n) is 8.07. The molecule has 1 N–H and O–H groups in total. The highest BCUT2D eigenvalue weighted by Gasteiger charge is 2.33. The van der Waals surface area contributed by atoms with Crippen LogP contribution in [0.5, 0.6) is 0 Å². The van der Waals surface area contributed by atoms with Crippen molar-refractivity contribution >= 4 is 11.9 Å². The van der Waals surface area contributed by atoms with Gasteiger partial charge in [-0.3, -0.25) is 4.79 Å². The van der Waals surface area contributed by atoms with E-state index in [2.05, 4.69) is 11.4 Å². The maximum Gasteiger partial charge on any atom is 0.338 e. The molecule has 1 aliphatic carbocycles. The van der Waals surface area contributed by atoms with Gasteiger partial charge < -0.3 is 10.1 Å². The second kappa shape index (κ2) is 7.77. The van der Waals surface area contributed by atoms with Gasteiger partial charge in [0.1, 0.15) is 5.54 Å². The summed E-state index contributed by atoms with van der Waals surface area (Å²) in [5, 5.41) is 12.1. The van der Waals surface area contributed by atoms with Crippen LogP contribution in [0.15, 0.2) is 24.3 Å². The molecule has 0 radical (unpaired) electrons. The third-order valence-electron chi connectivity index (χ3n) is 4.23. The maximum atomic E-state index is 12.0. The summed E-state index contributed by atoms with van der Waals surface area (Å²) in [6, 6.07) is 9.32. The second-order valence-corrected chi connectivity index (χ2v) is 5.93. The fourth-order valence-electron chi connectivity index (χ4n) is 2.81. The molecule has 0 aliphatic heterocycles. The number of hydrogen-bond donors (Lipinski definition) is 1. The van der Waals surface area contributed by atoms with Crippen molar-refractivity contribution in [2.45, 2.75) is 51.0 Å². The van der Waals surface area contributed by atoms with Gasteiger partial charge in [0.25, 0.3) is 5.91 Å². The van der Waals surface area contributed by atoms with E-state index >= 15 is 0 Å². The van der Waals surface area contributed by atoms with E-state index in [1.807, 2.05) is 19.1 Å². The van der Waals surface area contributed by atoms with Crippen LogP contribution in [0.3, 0.4) is 0 Å². The number of ether oxygens (including phenoxy) is 1. The zero-order valence-corrected chi connectivity index (χ0v) is 13.4. The summed E-state index contributed by atoms with van der Waals surface area (Å²) < 4.78 is 5.03. The van der Waals surface area contributed by atoms with Crippen LogP contribution < -0.4 is 5.32 Å². The van der Waals surface area contributed by atoms with E-state index in [4.69, 9.17) is 4.74 Å². The molecule has 5 heteroatoms. The standard InChI is InChI=1S/C18H22N2O3/c1-2-14-6-8-15(9-7-14)17(22)23-12-16(21)20-18(13-19)10-4-3-5-11-18/h6-9H,2-5,10-12H2,1H3,(H,20,21). The van der Waals surface area contributed by atoms with Crippen LogP contribution in [0, 0.1) is 11.3 Å². The zero-order chi connectivity index (χ0) is 16.7. The summed E-state index contributed by atoms with van der Waals surface area (Å²) in [6.07, 6.45) is 5.15. The van der Waals surface area contributed by atoms with Gasteiger partial charge in [0.15, 0.2) is 6.61 Å². The molecule has 0 aromatic heterocycles. The zero-order valence-electron chi connectivity index (χ0n) is 13.4. The molecule has 1 amide bonds. The lowest BCUT2D eigenvalue weighted by Gasteiger charge is -2.31. The molecule has 0 unspecified atom stereocenters. The number of hydrogen-bond acceptors (Lipinski definition) is 4. The van der Waals surface area contributed by atoms with Gasteiger partial charge in [-0.25, -0.2) is 4.79 Å². The minimum atomic E-state index is -0.801. The van der Waals surface area contributed by atoms with Gasteiger partial charge in [-0.2, -0.15) is 5.26 Å². The molecule has 23 heavy (non-hydrogen) atoms. The van der Waals surface area contributed by atoms with Crippen molar-refractivity contribution in [1.29, 1.82) is 5.26 Å². The van der Waals surface area contributed by atoms with Gasteiger partial charge in [-0.15, -0.1) is 0 Å². The van der Waals surface area contributed by atoms with Crippen molar-refractivity contribution in [3.8, 4) is 6.07 Å². The molecule has 0 bridgehead atoms. The highest BCUT2D eigenvalue weighted by Crippen LogP contribution is 2.27. The lowest BCUT2D eigenvalue weighted by atomic mass is 9.83. The van der Waals surface area contributed by atoms with Gasteiger partial charge in [-0.05, 0) is 37.0 Å². The summed E-state index contributed by atoms with van der Waals surface area (Å²) in [6.45, 7) is 1.67. The number of carbonyl (C=O) groups excluding carboxylic acids is 2. The van der Waals surface area contributed by atoms with Crippen LogP contribution in [0.4, 0.5) is 0 Å². The van der Waals surface area contributed by atoms with Gasteiger partial charge in [0.2, 0.25) is 0 Å². The Bertz CT molecular complexity index is 596. The van der Waals surface area contributed by atoms with Gasteiger partial charge in [0, 0.05) is 0 Å². The summed E-state index contributed by atoms with van der Waals surface area (Å²) in [7, 11) is 0. The number of rotatable bonds is 5. The molecule has 0 heterocycles. The molecule has 5 nitrogen and oxygen atoms in total. The Kier molecular flexibility index (Phi) is 5.75. The van der Waals surface area contributed by atoms with Crippen LogP contribution in [0.1, 0.15) is 54.9 Å². The first-order chi connectivity index (χ1) is 11.1. The van der Waals surface area contributed by atoms with E-state index in [9.17, 15) is 14.9 Å². The minimum Gasteiger partial charge on any atom is -0.452 e. The van der Waals surface area contributed by atoms with E-state index in [1.165, 1.54) is 0 Å². The first kappa shape index (κ1) is 17.0. The van der Waals surface area contributed by atoms with Gasteiger partial charge in [0.05, 0.1) is 11.6 Å². The highest BCUT2D eigenvalue weighted by molar-refractivity contribution is 5.91. The minimum absolute atomic E-state index is 0.363. The van der Waals surface area contributed by atoms with Crippen molar-refractivity contribution in [1.82, 2.24) is 5.32 Å². The Hall–Kier alpha value is -2.35. The topological polar surface area (TPSA) is 79.2 Å². The number of esters is 1. The molecular formula is C18H22N2O3. The summed E-state index contributed by atoms with van der Waals surface area (Å²) >= 11 is 0. The van der Waals surface area contributed by atoms with Crippen LogP contribution in [0.25, 0.3) is 0 Å². The average Bonchev–Trinajstić information content (AvgIpc) is 2.60. The van der Waals surface area contributed by atoms with E-state index in [0.717, 1.165) is 31.2 Å². The maximum absolute atomic E-state index is 12.0. The number of nitriles is 1. The Labute approximate surface area is 136 Å². The normalized spacial score (nSPS) is 16.2. The Morgan fingerprint density at radius 2 is 1.87 bits per heavy atom. The molecule has 0 spiro atoms. The van der Waals surface area contributed by atoms with Gasteiger partial charge in [-0.1, -0.05) is 38.3 Å². The molecule has 0 atom stereocenters. The molecule has 1 aliphatic rings. The average molecular weight is 314 g/mol. The summed E-state index contributed by atoms with van der Waals surface area (Å²) in [4.78, 5) is 23.9. The molecule has 0 saturated heterocycles. The Morgan fingerprint density at radius 3 is 2.43 bits per heavy atom. The number of amides is 1. The van der Waals surface area contributed by atoms with Crippen molar-refractivity contribution in [2.75, 3.05) is 6.61 Å². The van der Waals surface area contributed by atoms with Crippen molar-refractivity contribution in [3.05, 3.63) is 35.4 Å². The fraction of sp³-hybridized carbons (Fsp3) is 0.500. The fourth-order valence-corrected chi connectivity index (χ4v) is 2.81. The Morgan fingerprint density at radius 1 is 1.22 bits per heavy atom. The number of nitrogens with zero attached hydrogens (tertiary/aromatic N) is 1. The summed E-state index contributed by atoms with van der Waals surface area (Å²) in [5.41, 5.74) is 0.750. The lowest BCUT2D eigenvalue weighted by Crippen LogP contribution is -2.50. The van der Waals surface area contributed by atoms with Crippen molar-refractivity contribution in [3.63, 3.8) is 0 Å². The molecule has 1 aromatic rings. The molecule has 122 valence electrons. The van der Waals surface area contributed by atoms with E-state index in [1.54, 1.807) is 12.1 Å². The van der Waals surface area contributed by atoms with Crippen LogP contribution in [-0.2, 0) is 16.0 Å². The van der Waals surface area contributed by atoms with Crippen molar-refractivity contribution < 1.29 is 14.3 Å². The molecule has 1 aromatic carbocycles. The largest absolute Gasteiger partial charge is 0.452 e. The number of carbonyl (C=O) groups is 2. The molecule has 1 fully saturated rings. The lowest BCUT2D eigenvalue weighted by molar-refractivity contribution is -0.125. The third-order valence-corrected chi connectivity index (χ3v) is 4.23. The first-order valence-corrected chi connectivity index (χ1v) is 8.07. The van der Waals surface area contributed by atoms with E-state index in [0.29, 0.717) is 18.4 Å². The Balaban J connectivity index is 1.85. The quantitative estimate of drug-likeness (QED) is 0.848. The van der Waals surface area contributed by atoms with Crippen LogP contribution >= 0.6 is 0 Å². The predicted molar refractivity (Wildman–Crippen MR) is 85.7 cm³/mol. The van der Waals surface area contributed by atoms with Crippen molar-refractivity contribution in [2.24, 2.45) is 0 Å². The SMILES string of the molecule is CCc1ccc(C(=O)OCC(=O)NC2(C#N)CCCCC2)cc1. The second-order valence-electron chi connectivity index (χ2n) is 5.93. The third kappa shape index (κ3) is 4.56. The monoisotopic (exact) mass is 314 g/mol. The number of benzene rings is 1. The molecular weight excluding hydrogens is 292 g/mol.